The maximum atomic E-state index is 3.64. The molecule has 1 aliphatic rings. The molecule has 1 N–H and O–H groups in total. The molecule has 0 aromatic heterocycles. The van der Waals surface area contributed by atoms with Crippen LogP contribution in [-0.4, -0.2) is 0 Å². The Balaban J connectivity index is 1.48. The molecule has 0 radical (unpaired) electrons. The zero-order valence-corrected chi connectivity index (χ0v) is 17.5. The number of hydrogen-bond acceptors (Lipinski definition) is 1. The molecular weight excluding hydrogens is 374 g/mol. The molecule has 0 bridgehead atoms. The lowest BCUT2D eigenvalue weighted by Crippen LogP contribution is -1.95. The maximum Gasteiger partial charge on any atom is 0.0464 e. The zero-order valence-electron chi connectivity index (χ0n) is 17.5. The van der Waals surface area contributed by atoms with E-state index in [9.17, 15) is 0 Å². The Labute approximate surface area is 184 Å². The first-order chi connectivity index (χ1) is 15.4. The number of nitrogens with one attached hydrogen (secondary N) is 1. The van der Waals surface area contributed by atoms with Gasteiger partial charge in [0, 0.05) is 16.9 Å². The van der Waals surface area contributed by atoms with Crippen molar-refractivity contribution in [3.05, 3.63) is 127 Å². The molecule has 0 fully saturated rings. The number of anilines is 2. The fraction of sp³-hybridized carbons (Fsp3) is 0.0667. The first-order valence-corrected chi connectivity index (χ1v) is 10.9. The Hall–Kier alpha value is -3.84. The van der Waals surface area contributed by atoms with Crippen molar-refractivity contribution in [3.63, 3.8) is 0 Å². The highest BCUT2D eigenvalue weighted by Crippen LogP contribution is 2.34. The van der Waals surface area contributed by atoms with Crippen LogP contribution in [0.15, 0.2) is 121 Å². The third-order valence-electron chi connectivity index (χ3n) is 5.70. The molecule has 1 heteroatoms. The van der Waals surface area contributed by atoms with Gasteiger partial charge in [0.1, 0.15) is 0 Å². The van der Waals surface area contributed by atoms with E-state index in [1.165, 1.54) is 33.4 Å². The predicted octanol–water partition coefficient (Wildman–Crippen LogP) is 8.50. The molecule has 150 valence electrons. The molecule has 4 aromatic carbocycles. The van der Waals surface area contributed by atoms with E-state index in [4.69, 9.17) is 0 Å². The fourth-order valence-electron chi connectivity index (χ4n) is 4.05. The largest absolute Gasteiger partial charge is 0.355 e. The van der Waals surface area contributed by atoms with E-state index in [0.29, 0.717) is 0 Å². The van der Waals surface area contributed by atoms with Crippen LogP contribution in [0, 0.1) is 0 Å². The summed E-state index contributed by atoms with van der Waals surface area (Å²) in [5.74, 6) is 0. The molecule has 0 saturated carbocycles. The summed E-state index contributed by atoms with van der Waals surface area (Å²) in [5, 5.41) is 3.64. The van der Waals surface area contributed by atoms with E-state index in [1.807, 2.05) is 6.07 Å². The Morgan fingerprint density at radius 1 is 0.548 bits per heavy atom. The Kier molecular flexibility index (Phi) is 5.49. The minimum atomic E-state index is 1.08. The summed E-state index contributed by atoms with van der Waals surface area (Å²) in [4.78, 5) is 0. The lowest BCUT2D eigenvalue weighted by molar-refractivity contribution is 1.04. The maximum absolute atomic E-state index is 3.64. The van der Waals surface area contributed by atoms with Crippen molar-refractivity contribution in [1.82, 2.24) is 0 Å². The smallest absolute Gasteiger partial charge is 0.0464 e. The van der Waals surface area contributed by atoms with Crippen molar-refractivity contribution in [2.75, 3.05) is 5.32 Å². The van der Waals surface area contributed by atoms with Crippen molar-refractivity contribution in [1.29, 1.82) is 0 Å². The number of hydrogen-bond donors (Lipinski definition) is 1. The topological polar surface area (TPSA) is 12.0 Å². The van der Waals surface area contributed by atoms with Crippen LogP contribution in [0.2, 0.25) is 0 Å². The van der Waals surface area contributed by atoms with E-state index < -0.39 is 0 Å². The molecule has 5 rings (SSSR count). The summed E-state index contributed by atoms with van der Waals surface area (Å²) in [7, 11) is 0. The third-order valence-corrected chi connectivity index (χ3v) is 5.70. The predicted molar refractivity (Wildman–Crippen MR) is 133 cm³/mol. The molecule has 0 amide bonds. The highest BCUT2D eigenvalue weighted by Gasteiger charge is 2.10. The SMILES string of the molecule is C1=CC(c2ccc(Nc3ccc(-c4ccccc4)cc3)c(-c3ccccc3)c2)=CCC1. The van der Waals surface area contributed by atoms with E-state index in [0.717, 1.165) is 24.2 Å². The highest BCUT2D eigenvalue weighted by molar-refractivity contribution is 5.86. The van der Waals surface area contributed by atoms with Crippen molar-refractivity contribution in [2.24, 2.45) is 0 Å². The highest BCUT2D eigenvalue weighted by atomic mass is 14.9. The lowest BCUT2D eigenvalue weighted by Gasteiger charge is -2.16. The minimum Gasteiger partial charge on any atom is -0.355 e. The summed E-state index contributed by atoms with van der Waals surface area (Å²) < 4.78 is 0. The van der Waals surface area contributed by atoms with Crippen LogP contribution >= 0.6 is 0 Å². The van der Waals surface area contributed by atoms with E-state index in [1.54, 1.807) is 0 Å². The summed E-state index contributed by atoms with van der Waals surface area (Å²) in [6.07, 6.45) is 9.08. The lowest BCUT2D eigenvalue weighted by atomic mass is 9.94. The van der Waals surface area contributed by atoms with Gasteiger partial charge in [0.25, 0.3) is 0 Å². The molecular formula is C30H25N. The van der Waals surface area contributed by atoms with Crippen molar-refractivity contribution in [2.45, 2.75) is 12.8 Å². The van der Waals surface area contributed by atoms with Gasteiger partial charge in [0.05, 0.1) is 0 Å². The van der Waals surface area contributed by atoms with Gasteiger partial charge >= 0.3 is 0 Å². The molecule has 31 heavy (non-hydrogen) atoms. The molecule has 0 aliphatic heterocycles. The van der Waals surface area contributed by atoms with Crippen molar-refractivity contribution >= 4 is 16.9 Å². The van der Waals surface area contributed by atoms with Crippen LogP contribution in [0.3, 0.4) is 0 Å². The van der Waals surface area contributed by atoms with Crippen LogP contribution in [0.4, 0.5) is 11.4 Å². The molecule has 0 spiro atoms. The van der Waals surface area contributed by atoms with E-state index >= 15 is 0 Å². The van der Waals surface area contributed by atoms with Gasteiger partial charge in [-0.25, -0.2) is 0 Å². The third kappa shape index (κ3) is 4.36. The second kappa shape index (κ2) is 8.89. The molecule has 0 unspecified atom stereocenters. The summed E-state index contributed by atoms with van der Waals surface area (Å²) in [6.45, 7) is 0. The summed E-state index contributed by atoms with van der Waals surface area (Å²) >= 11 is 0. The number of benzene rings is 4. The quantitative estimate of drug-likeness (QED) is 0.355. The second-order valence-corrected chi connectivity index (χ2v) is 7.83. The van der Waals surface area contributed by atoms with Crippen molar-refractivity contribution < 1.29 is 0 Å². The Bertz CT molecular complexity index is 1220. The van der Waals surface area contributed by atoms with Crippen LogP contribution < -0.4 is 5.32 Å². The van der Waals surface area contributed by atoms with Gasteiger partial charge in [-0.1, -0.05) is 97.1 Å². The normalized spacial score (nSPS) is 13.0. The van der Waals surface area contributed by atoms with Gasteiger partial charge in [0.15, 0.2) is 0 Å². The molecule has 1 nitrogen and oxygen atoms in total. The van der Waals surface area contributed by atoms with Crippen LogP contribution in [-0.2, 0) is 0 Å². The Morgan fingerprint density at radius 3 is 1.87 bits per heavy atom. The molecule has 0 heterocycles. The summed E-state index contributed by atoms with van der Waals surface area (Å²) in [6, 6.07) is 36.5. The van der Waals surface area contributed by atoms with E-state index in [2.05, 4.69) is 121 Å². The standard InChI is InChI=1S/C30H25N/c1-4-10-23(11-5-1)25-16-19-28(20-17-25)31-30-21-18-27(24-12-6-2-7-13-24)22-29(30)26-14-8-3-9-15-26/h1,3-6,8-22,31H,2,7H2. The number of allylic oxidation sites excluding steroid dienone is 4. The van der Waals surface area contributed by atoms with Gasteiger partial charge in [-0.2, -0.15) is 0 Å². The van der Waals surface area contributed by atoms with Gasteiger partial charge in [-0.3, -0.25) is 0 Å². The van der Waals surface area contributed by atoms with Gasteiger partial charge in [-0.05, 0) is 64.9 Å². The second-order valence-electron chi connectivity index (χ2n) is 7.83. The average Bonchev–Trinajstić information content (AvgIpc) is 2.86. The average molecular weight is 400 g/mol. The first kappa shape index (κ1) is 19.1. The van der Waals surface area contributed by atoms with Crippen LogP contribution in [0.25, 0.3) is 27.8 Å². The zero-order chi connectivity index (χ0) is 20.9. The van der Waals surface area contributed by atoms with Crippen LogP contribution in [0.1, 0.15) is 18.4 Å². The monoisotopic (exact) mass is 399 g/mol. The molecule has 0 atom stereocenters. The minimum absolute atomic E-state index is 1.08. The molecule has 4 aromatic rings. The van der Waals surface area contributed by atoms with Crippen molar-refractivity contribution in [3.8, 4) is 22.3 Å². The Morgan fingerprint density at radius 2 is 1.19 bits per heavy atom. The first-order valence-electron chi connectivity index (χ1n) is 10.9. The van der Waals surface area contributed by atoms with Gasteiger partial charge in [0.2, 0.25) is 0 Å². The molecule has 0 saturated heterocycles. The van der Waals surface area contributed by atoms with Crippen LogP contribution in [0.5, 0.6) is 0 Å². The van der Waals surface area contributed by atoms with Gasteiger partial charge in [-0.15, -0.1) is 0 Å². The fourth-order valence-corrected chi connectivity index (χ4v) is 4.05. The summed E-state index contributed by atoms with van der Waals surface area (Å²) in [5.41, 5.74) is 9.66. The molecule has 1 aliphatic carbocycles. The number of rotatable bonds is 5. The van der Waals surface area contributed by atoms with E-state index in [-0.39, 0.29) is 0 Å². The van der Waals surface area contributed by atoms with Gasteiger partial charge < -0.3 is 5.32 Å².